The van der Waals surface area contributed by atoms with Crippen LogP contribution in [0.25, 0.3) is 0 Å². The van der Waals surface area contributed by atoms with Crippen molar-refractivity contribution in [2.45, 2.75) is 12.8 Å². The molecule has 0 N–H and O–H groups in total. The van der Waals surface area contributed by atoms with Crippen LogP contribution in [0, 0.1) is 6.42 Å². The Bertz CT molecular complexity index is 195. The van der Waals surface area contributed by atoms with E-state index in [0.717, 1.165) is 12.8 Å². The summed E-state index contributed by atoms with van der Waals surface area (Å²) in [6.45, 7) is 0. The summed E-state index contributed by atoms with van der Waals surface area (Å²) >= 11 is 0. The molecule has 1 aliphatic carbocycles. The zero-order valence-corrected chi connectivity index (χ0v) is 5.09. The molecule has 0 fully saturated rings. The van der Waals surface area contributed by atoms with Crippen LogP contribution < -0.4 is 0 Å². The lowest BCUT2D eigenvalue weighted by Gasteiger charge is -1.91. The van der Waals surface area contributed by atoms with Gasteiger partial charge in [-0.05, 0) is 24.5 Å². The quantitative estimate of drug-likeness (QED) is 0.501. The summed E-state index contributed by atoms with van der Waals surface area (Å²) in [7, 11) is 0. The number of nitrogens with zero attached hydrogens (tertiary/aromatic N) is 1. The number of aryl methyl sites for hydroxylation is 1. The topological polar surface area (TPSA) is 12.9 Å². The minimum atomic E-state index is 1.05. The summed E-state index contributed by atoms with van der Waals surface area (Å²) < 4.78 is 0. The number of rotatable bonds is 0. The van der Waals surface area contributed by atoms with Crippen LogP contribution in [-0.2, 0) is 6.42 Å². The van der Waals surface area contributed by atoms with Gasteiger partial charge in [0.05, 0.1) is 0 Å². The van der Waals surface area contributed by atoms with Crippen LogP contribution in [0.1, 0.15) is 17.7 Å². The van der Waals surface area contributed by atoms with Crippen molar-refractivity contribution in [3.63, 3.8) is 0 Å². The molecule has 9 heavy (non-hydrogen) atoms. The van der Waals surface area contributed by atoms with Crippen LogP contribution in [0.15, 0.2) is 18.3 Å². The molecule has 0 aliphatic heterocycles. The van der Waals surface area contributed by atoms with Crippen molar-refractivity contribution in [1.29, 1.82) is 0 Å². The lowest BCUT2D eigenvalue weighted by molar-refractivity contribution is 0.988. The second-order valence-electron chi connectivity index (χ2n) is 2.17. The van der Waals surface area contributed by atoms with Crippen molar-refractivity contribution < 1.29 is 0 Å². The van der Waals surface area contributed by atoms with Gasteiger partial charge in [0.2, 0.25) is 0 Å². The van der Waals surface area contributed by atoms with Gasteiger partial charge < -0.3 is 0 Å². The maximum Gasteiger partial charge on any atom is 0.0442 e. The first-order chi connectivity index (χ1) is 4.47. The van der Waals surface area contributed by atoms with Gasteiger partial charge in [0.15, 0.2) is 0 Å². The Labute approximate surface area is 54.7 Å². The molecule has 1 heteroatoms. The SMILES string of the molecule is [C]1CCc2ncccc21. The minimum absolute atomic E-state index is 1.05. The molecule has 0 aromatic carbocycles. The average molecular weight is 117 g/mol. The molecule has 1 aliphatic rings. The molecule has 0 atom stereocenters. The lowest BCUT2D eigenvalue weighted by atomic mass is 10.2. The van der Waals surface area contributed by atoms with Gasteiger partial charge in [-0.25, -0.2) is 0 Å². The molecule has 0 saturated heterocycles. The lowest BCUT2D eigenvalue weighted by Crippen LogP contribution is -1.83. The second kappa shape index (κ2) is 1.83. The monoisotopic (exact) mass is 117 g/mol. The number of hydrogen-bond donors (Lipinski definition) is 0. The van der Waals surface area contributed by atoms with Crippen LogP contribution in [0.5, 0.6) is 0 Å². The molecule has 1 aromatic heterocycles. The van der Waals surface area contributed by atoms with Crippen LogP contribution in [0.4, 0.5) is 0 Å². The van der Waals surface area contributed by atoms with Crippen molar-refractivity contribution in [3.05, 3.63) is 36.0 Å². The summed E-state index contributed by atoms with van der Waals surface area (Å²) in [4.78, 5) is 4.20. The summed E-state index contributed by atoms with van der Waals surface area (Å²) in [5.74, 6) is 0. The van der Waals surface area contributed by atoms with Crippen LogP contribution in [0.3, 0.4) is 0 Å². The Hall–Kier alpha value is -0.850. The van der Waals surface area contributed by atoms with E-state index in [1.807, 2.05) is 12.3 Å². The summed E-state index contributed by atoms with van der Waals surface area (Å²) in [6, 6.07) is 4.02. The molecule has 2 rings (SSSR count). The fraction of sp³-hybridized carbons (Fsp3) is 0.250. The van der Waals surface area contributed by atoms with Gasteiger partial charge in [0.1, 0.15) is 0 Å². The molecule has 0 amide bonds. The Morgan fingerprint density at radius 1 is 1.56 bits per heavy atom. The normalized spacial score (nSPS) is 15.6. The first kappa shape index (κ1) is 4.98. The zero-order chi connectivity index (χ0) is 6.10. The van der Waals surface area contributed by atoms with E-state index in [-0.39, 0.29) is 0 Å². The smallest absolute Gasteiger partial charge is 0.0442 e. The average Bonchev–Trinajstić information content (AvgIpc) is 2.33. The highest BCUT2D eigenvalue weighted by Gasteiger charge is 2.09. The summed E-state index contributed by atoms with van der Waals surface area (Å²) in [5.41, 5.74) is 2.41. The van der Waals surface area contributed by atoms with Gasteiger partial charge in [0.25, 0.3) is 0 Å². The second-order valence-corrected chi connectivity index (χ2v) is 2.17. The van der Waals surface area contributed by atoms with Crippen LogP contribution in [-0.4, -0.2) is 4.98 Å². The predicted octanol–water partition coefficient (Wildman–Crippen LogP) is 1.46. The Balaban J connectivity index is 2.54. The highest BCUT2D eigenvalue weighted by Crippen LogP contribution is 2.19. The third kappa shape index (κ3) is 0.727. The summed E-state index contributed by atoms with van der Waals surface area (Å²) in [5, 5.41) is 0. The molecule has 0 spiro atoms. The number of aromatic nitrogens is 1. The van der Waals surface area contributed by atoms with E-state index in [9.17, 15) is 0 Å². The first-order valence-corrected chi connectivity index (χ1v) is 3.14. The molecular weight excluding hydrogens is 110 g/mol. The fourth-order valence-electron chi connectivity index (χ4n) is 1.11. The Morgan fingerprint density at radius 3 is 3.44 bits per heavy atom. The standard InChI is InChI=1S/C8H7N/c1-3-7-4-2-6-9-8(7)5-1/h2,4,6H,1,5H2. The van der Waals surface area contributed by atoms with Gasteiger partial charge in [-0.1, -0.05) is 6.07 Å². The van der Waals surface area contributed by atoms with Gasteiger partial charge in [-0.3, -0.25) is 4.98 Å². The van der Waals surface area contributed by atoms with Crippen LogP contribution in [0.2, 0.25) is 0 Å². The molecule has 0 bridgehead atoms. The Kier molecular flexibility index (Phi) is 1.01. The van der Waals surface area contributed by atoms with Gasteiger partial charge in [-0.15, -0.1) is 0 Å². The maximum absolute atomic E-state index is 4.20. The third-order valence-electron chi connectivity index (χ3n) is 1.57. The third-order valence-corrected chi connectivity index (χ3v) is 1.57. The molecule has 44 valence electrons. The van der Waals surface area contributed by atoms with Crippen molar-refractivity contribution in [1.82, 2.24) is 4.98 Å². The molecule has 1 aromatic rings. The van der Waals surface area contributed by atoms with E-state index in [1.54, 1.807) is 0 Å². The summed E-state index contributed by atoms with van der Waals surface area (Å²) in [6.07, 6.45) is 7.20. The van der Waals surface area contributed by atoms with Crippen molar-refractivity contribution in [3.8, 4) is 0 Å². The number of hydrogen-bond acceptors (Lipinski definition) is 1. The number of pyridine rings is 1. The maximum atomic E-state index is 4.20. The van der Waals surface area contributed by atoms with E-state index in [0.29, 0.717) is 0 Å². The molecule has 0 unspecified atom stereocenters. The molecule has 1 nitrogen and oxygen atoms in total. The minimum Gasteiger partial charge on any atom is -0.261 e. The highest BCUT2D eigenvalue weighted by molar-refractivity contribution is 5.31. The van der Waals surface area contributed by atoms with Crippen molar-refractivity contribution in [2.24, 2.45) is 0 Å². The van der Waals surface area contributed by atoms with E-state index in [1.165, 1.54) is 11.3 Å². The molecule has 1 heterocycles. The van der Waals surface area contributed by atoms with E-state index < -0.39 is 0 Å². The fourth-order valence-corrected chi connectivity index (χ4v) is 1.11. The Morgan fingerprint density at radius 2 is 2.56 bits per heavy atom. The van der Waals surface area contributed by atoms with Crippen molar-refractivity contribution in [2.75, 3.05) is 0 Å². The van der Waals surface area contributed by atoms with E-state index >= 15 is 0 Å². The van der Waals surface area contributed by atoms with Crippen LogP contribution >= 0.6 is 0 Å². The van der Waals surface area contributed by atoms with E-state index in [4.69, 9.17) is 0 Å². The van der Waals surface area contributed by atoms with Crippen molar-refractivity contribution >= 4 is 0 Å². The largest absolute Gasteiger partial charge is 0.261 e. The first-order valence-electron chi connectivity index (χ1n) is 3.14. The number of fused-ring (bicyclic) bond motifs is 1. The zero-order valence-electron chi connectivity index (χ0n) is 5.09. The highest BCUT2D eigenvalue weighted by atomic mass is 14.7. The molecule has 0 saturated carbocycles. The van der Waals surface area contributed by atoms with Gasteiger partial charge in [0, 0.05) is 18.3 Å². The molecule has 2 radical (unpaired) electrons. The molecular formula is C8H7N. The van der Waals surface area contributed by atoms with E-state index in [2.05, 4.69) is 17.5 Å². The predicted molar refractivity (Wildman–Crippen MR) is 34.9 cm³/mol. The van der Waals surface area contributed by atoms with Gasteiger partial charge >= 0.3 is 0 Å². The van der Waals surface area contributed by atoms with Gasteiger partial charge in [-0.2, -0.15) is 0 Å².